The van der Waals surface area contributed by atoms with Crippen molar-refractivity contribution in [3.05, 3.63) is 59.6 Å². The van der Waals surface area contributed by atoms with E-state index in [0.717, 1.165) is 19.4 Å². The maximum absolute atomic E-state index is 16.8. The van der Waals surface area contributed by atoms with E-state index in [1.54, 1.807) is 11.0 Å². The number of benzene rings is 2. The number of hydrogen-bond donors (Lipinski definition) is 1. The lowest BCUT2D eigenvalue weighted by Crippen LogP contribution is -2.43. The number of halogens is 4. The van der Waals surface area contributed by atoms with Crippen LogP contribution in [0.4, 0.5) is 29.1 Å². The smallest absolute Gasteiger partial charge is 0.319 e. The van der Waals surface area contributed by atoms with Crippen LogP contribution in [0.1, 0.15) is 24.8 Å². The van der Waals surface area contributed by atoms with Crippen LogP contribution < -0.4 is 15.4 Å². The Morgan fingerprint density at radius 2 is 2.09 bits per heavy atom. The molecule has 1 aliphatic carbocycles. The summed E-state index contributed by atoms with van der Waals surface area (Å²) in [6.45, 7) is 2.45. The van der Waals surface area contributed by atoms with Crippen molar-refractivity contribution < 1.29 is 27.0 Å². The SMILES string of the molecule is C#Cc1c(F)ccc2cc(N)cc(-c3ncc4c(N5CCOC[C@H]6[C@H](F)[C@H]65)nc(OC[C@@]56CCCN5C/C(=C\F)C6)nc4c3F)c12. The average molecular weight is 631 g/mol. The Hall–Kier alpha value is -4.47. The molecule has 0 amide bonds. The van der Waals surface area contributed by atoms with E-state index in [4.69, 9.17) is 26.6 Å². The molecule has 4 aliphatic rings. The van der Waals surface area contributed by atoms with Crippen LogP contribution in [0.3, 0.4) is 0 Å². The van der Waals surface area contributed by atoms with Crippen molar-refractivity contribution in [1.29, 1.82) is 0 Å². The van der Waals surface area contributed by atoms with Gasteiger partial charge in [-0.3, -0.25) is 9.88 Å². The summed E-state index contributed by atoms with van der Waals surface area (Å²) in [5, 5.41) is 1.07. The number of aromatic nitrogens is 3. The molecule has 0 radical (unpaired) electrons. The Bertz CT molecular complexity index is 1980. The minimum absolute atomic E-state index is 0.0434. The number of nitrogen functional groups attached to an aromatic ring is 1. The number of ether oxygens (including phenoxy) is 2. The fourth-order valence-electron chi connectivity index (χ4n) is 7.62. The summed E-state index contributed by atoms with van der Waals surface area (Å²) < 4.78 is 72.0. The van der Waals surface area contributed by atoms with Crippen molar-refractivity contribution in [2.75, 3.05) is 50.1 Å². The van der Waals surface area contributed by atoms with Gasteiger partial charge in [0.2, 0.25) is 0 Å². The second-order valence-electron chi connectivity index (χ2n) is 12.6. The minimum atomic E-state index is -1.13. The lowest BCUT2D eigenvalue weighted by Gasteiger charge is -2.31. The Morgan fingerprint density at radius 1 is 1.22 bits per heavy atom. The van der Waals surface area contributed by atoms with Gasteiger partial charge < -0.3 is 20.1 Å². The first kappa shape index (κ1) is 29.0. The Morgan fingerprint density at radius 3 is 2.91 bits per heavy atom. The van der Waals surface area contributed by atoms with Crippen LogP contribution in [0.2, 0.25) is 0 Å². The largest absolute Gasteiger partial charge is 0.461 e. The molecular formula is C34H30F4N6O2. The number of rotatable bonds is 5. The van der Waals surface area contributed by atoms with Gasteiger partial charge in [0.1, 0.15) is 35.6 Å². The first-order valence-electron chi connectivity index (χ1n) is 15.3. The van der Waals surface area contributed by atoms with Crippen LogP contribution in [0.15, 0.2) is 42.4 Å². The van der Waals surface area contributed by atoms with Gasteiger partial charge >= 0.3 is 6.01 Å². The van der Waals surface area contributed by atoms with Crippen molar-refractivity contribution in [3.8, 4) is 29.6 Å². The molecule has 2 N–H and O–H groups in total. The second-order valence-corrected chi connectivity index (χ2v) is 12.6. The molecule has 4 fully saturated rings. The van der Waals surface area contributed by atoms with E-state index in [2.05, 4.69) is 20.8 Å². The zero-order chi connectivity index (χ0) is 31.7. The number of terminal acetylenes is 1. The van der Waals surface area contributed by atoms with Crippen LogP contribution in [-0.4, -0.2) is 77.1 Å². The van der Waals surface area contributed by atoms with Gasteiger partial charge in [-0.2, -0.15) is 9.97 Å². The normalized spacial score (nSPS) is 26.7. The van der Waals surface area contributed by atoms with E-state index in [0.29, 0.717) is 49.1 Å². The molecule has 236 valence electrons. The number of hydrogen-bond acceptors (Lipinski definition) is 8. The van der Waals surface area contributed by atoms with E-state index in [1.165, 1.54) is 24.4 Å². The van der Waals surface area contributed by atoms with Crippen LogP contribution in [-0.2, 0) is 4.74 Å². The molecule has 4 aromatic rings. The van der Waals surface area contributed by atoms with E-state index < -0.39 is 29.4 Å². The highest BCUT2D eigenvalue weighted by atomic mass is 19.1. The molecule has 0 unspecified atom stereocenters. The zero-order valence-electron chi connectivity index (χ0n) is 24.8. The molecule has 2 aromatic carbocycles. The van der Waals surface area contributed by atoms with Crippen molar-refractivity contribution in [1.82, 2.24) is 19.9 Å². The van der Waals surface area contributed by atoms with Gasteiger partial charge in [0, 0.05) is 41.8 Å². The molecule has 46 heavy (non-hydrogen) atoms. The maximum atomic E-state index is 16.8. The Kier molecular flexibility index (Phi) is 6.81. The van der Waals surface area contributed by atoms with E-state index in [9.17, 15) is 13.2 Å². The number of nitrogens with two attached hydrogens (primary N) is 1. The summed E-state index contributed by atoms with van der Waals surface area (Å²) in [6, 6.07) is 5.30. The molecule has 5 heterocycles. The molecule has 4 atom stereocenters. The molecule has 1 saturated carbocycles. The Balaban J connectivity index is 1.29. The van der Waals surface area contributed by atoms with Gasteiger partial charge in [0.05, 0.1) is 42.1 Å². The van der Waals surface area contributed by atoms with Crippen LogP contribution in [0.25, 0.3) is 32.9 Å². The van der Waals surface area contributed by atoms with E-state index in [-0.39, 0.29) is 64.1 Å². The Labute approximate surface area is 262 Å². The fourth-order valence-corrected chi connectivity index (χ4v) is 7.62. The quantitative estimate of drug-likeness (QED) is 0.180. The number of pyridine rings is 1. The fraction of sp³-hybridized carbons (Fsp3) is 0.382. The third kappa shape index (κ3) is 4.47. The van der Waals surface area contributed by atoms with Gasteiger partial charge in [-0.25, -0.2) is 17.6 Å². The summed E-state index contributed by atoms with van der Waals surface area (Å²) in [5.74, 6) is 0.873. The predicted octanol–water partition coefficient (Wildman–Crippen LogP) is 5.33. The molecule has 12 heteroatoms. The molecule has 8 nitrogen and oxygen atoms in total. The first-order chi connectivity index (χ1) is 22.3. The summed E-state index contributed by atoms with van der Waals surface area (Å²) >= 11 is 0. The van der Waals surface area contributed by atoms with Crippen LogP contribution in [0.5, 0.6) is 6.01 Å². The third-order valence-corrected chi connectivity index (χ3v) is 9.90. The molecule has 2 aromatic heterocycles. The highest BCUT2D eigenvalue weighted by molar-refractivity contribution is 6.03. The molecular weight excluding hydrogens is 600 g/mol. The summed E-state index contributed by atoms with van der Waals surface area (Å²) in [6.07, 6.45) is 8.91. The highest BCUT2D eigenvalue weighted by Gasteiger charge is 2.56. The van der Waals surface area contributed by atoms with E-state index >= 15 is 4.39 Å². The third-order valence-electron chi connectivity index (χ3n) is 9.90. The number of fused-ring (bicyclic) bond motifs is 4. The molecule has 3 aliphatic heterocycles. The summed E-state index contributed by atoms with van der Waals surface area (Å²) in [7, 11) is 0. The van der Waals surface area contributed by atoms with Crippen LogP contribution >= 0.6 is 0 Å². The van der Waals surface area contributed by atoms with Crippen molar-refractivity contribution >= 4 is 33.2 Å². The lowest BCUT2D eigenvalue weighted by atomic mass is 9.94. The predicted molar refractivity (Wildman–Crippen MR) is 166 cm³/mol. The van der Waals surface area contributed by atoms with Gasteiger partial charge in [0.15, 0.2) is 5.82 Å². The minimum Gasteiger partial charge on any atom is -0.461 e. The molecule has 3 saturated heterocycles. The second kappa shape index (κ2) is 10.8. The number of nitrogens with zero attached hydrogens (tertiary/aromatic N) is 5. The first-order valence-corrected chi connectivity index (χ1v) is 15.3. The van der Waals surface area contributed by atoms with Gasteiger partial charge in [-0.15, -0.1) is 6.42 Å². The van der Waals surface area contributed by atoms with Crippen LogP contribution in [0, 0.1) is 29.9 Å². The van der Waals surface area contributed by atoms with Gasteiger partial charge in [-0.05, 0) is 55.0 Å². The molecule has 8 rings (SSSR count). The van der Waals surface area contributed by atoms with Crippen molar-refractivity contribution in [2.24, 2.45) is 5.92 Å². The average Bonchev–Trinajstić information content (AvgIpc) is 3.41. The maximum Gasteiger partial charge on any atom is 0.319 e. The summed E-state index contributed by atoms with van der Waals surface area (Å²) in [5.41, 5.74) is 6.69. The standard InChI is InChI=1S/C34H30F4N6O2/c1-2-21-25(36)5-4-19-10-20(39)11-22(26(19)21)29-28(38)30-23(14-40-29)32(44-8-9-45-16-24-27(37)31(24)44)42-33(41-30)46-17-34-6-3-7-43(34)15-18(12-34)13-35/h1,4-5,10-11,13-14,24,27,31H,3,6-9,12,15-17,39H2/b18-13-/t24-,27-,31-,34-/m0/s1. The summed E-state index contributed by atoms with van der Waals surface area (Å²) in [4.78, 5) is 17.7. The molecule has 0 spiro atoms. The lowest BCUT2D eigenvalue weighted by molar-refractivity contribution is 0.108. The highest BCUT2D eigenvalue weighted by Crippen LogP contribution is 2.46. The molecule has 0 bridgehead atoms. The topological polar surface area (TPSA) is 89.6 Å². The van der Waals surface area contributed by atoms with Crippen molar-refractivity contribution in [3.63, 3.8) is 0 Å². The van der Waals surface area contributed by atoms with Gasteiger partial charge in [0.25, 0.3) is 0 Å². The zero-order valence-corrected chi connectivity index (χ0v) is 24.8. The number of anilines is 2. The van der Waals surface area contributed by atoms with Crippen molar-refractivity contribution in [2.45, 2.75) is 37.0 Å². The van der Waals surface area contributed by atoms with Gasteiger partial charge in [-0.1, -0.05) is 12.0 Å². The monoisotopic (exact) mass is 630 g/mol. The number of alkyl halides is 1. The van der Waals surface area contributed by atoms with E-state index in [1.807, 2.05) is 0 Å².